The van der Waals surface area contributed by atoms with Crippen LogP contribution in [0.2, 0.25) is 0 Å². The van der Waals surface area contributed by atoms with Gasteiger partial charge in [0.05, 0.1) is 23.0 Å². The third-order valence-corrected chi connectivity index (χ3v) is 2.85. The van der Waals surface area contributed by atoms with E-state index in [9.17, 15) is 0 Å². The molecule has 4 heteroatoms. The van der Waals surface area contributed by atoms with Crippen LogP contribution in [-0.4, -0.2) is 9.78 Å². The van der Waals surface area contributed by atoms with Gasteiger partial charge in [-0.15, -0.1) is 0 Å². The van der Waals surface area contributed by atoms with Crippen LogP contribution in [0.3, 0.4) is 0 Å². The number of hydrogen-bond acceptors (Lipinski definition) is 3. The maximum atomic E-state index is 9.17. The lowest BCUT2D eigenvalue weighted by Crippen LogP contribution is -2.00. The van der Waals surface area contributed by atoms with Crippen molar-refractivity contribution in [3.63, 3.8) is 0 Å². The zero-order valence-corrected chi connectivity index (χ0v) is 9.54. The average molecular weight is 234 g/mol. The van der Waals surface area contributed by atoms with Crippen LogP contribution in [-0.2, 0) is 0 Å². The van der Waals surface area contributed by atoms with Gasteiger partial charge >= 0.3 is 0 Å². The summed E-state index contributed by atoms with van der Waals surface area (Å²) < 4.78 is 1.76. The molecule has 0 aliphatic rings. The summed E-state index contributed by atoms with van der Waals surface area (Å²) in [5.41, 5.74) is 8.50. The number of nitriles is 1. The summed E-state index contributed by atoms with van der Waals surface area (Å²) in [4.78, 5) is 0. The molecule has 0 atom stereocenters. The number of anilines is 1. The lowest BCUT2D eigenvalue weighted by Gasteiger charge is -2.06. The predicted molar refractivity (Wildman–Crippen MR) is 70.2 cm³/mol. The van der Waals surface area contributed by atoms with Crippen molar-refractivity contribution < 1.29 is 0 Å². The Bertz CT molecular complexity index is 765. The molecule has 0 amide bonds. The molecule has 1 aromatic heterocycles. The van der Waals surface area contributed by atoms with Gasteiger partial charge in [-0.05, 0) is 24.3 Å². The van der Waals surface area contributed by atoms with Crippen LogP contribution >= 0.6 is 0 Å². The largest absolute Gasteiger partial charge is 0.399 e. The zero-order chi connectivity index (χ0) is 12.5. The first-order chi connectivity index (χ1) is 8.79. The molecule has 0 saturated heterocycles. The summed E-state index contributed by atoms with van der Waals surface area (Å²) >= 11 is 0. The van der Waals surface area contributed by atoms with Gasteiger partial charge < -0.3 is 5.73 Å². The maximum Gasteiger partial charge on any atom is 0.101 e. The first kappa shape index (κ1) is 10.4. The minimum atomic E-state index is 0.517. The third-order valence-electron chi connectivity index (χ3n) is 2.85. The highest BCUT2D eigenvalue weighted by Crippen LogP contribution is 2.22. The van der Waals surface area contributed by atoms with Gasteiger partial charge in [0.25, 0.3) is 0 Å². The molecule has 1 heterocycles. The van der Waals surface area contributed by atoms with Gasteiger partial charge in [-0.1, -0.05) is 18.2 Å². The van der Waals surface area contributed by atoms with Crippen LogP contribution < -0.4 is 5.73 Å². The van der Waals surface area contributed by atoms with Gasteiger partial charge in [0, 0.05) is 11.1 Å². The highest BCUT2D eigenvalue weighted by Gasteiger charge is 2.08. The Labute approximate surface area is 104 Å². The Hall–Kier alpha value is -2.80. The third kappa shape index (κ3) is 1.50. The molecule has 0 spiro atoms. The first-order valence-corrected chi connectivity index (χ1v) is 5.52. The summed E-state index contributed by atoms with van der Waals surface area (Å²) in [5.74, 6) is 0. The number of nitrogens with two attached hydrogens (primary N) is 1. The highest BCUT2D eigenvalue weighted by atomic mass is 15.3. The van der Waals surface area contributed by atoms with Crippen molar-refractivity contribution in [3.05, 3.63) is 54.2 Å². The van der Waals surface area contributed by atoms with Gasteiger partial charge in [0.2, 0.25) is 0 Å². The molecule has 3 aromatic rings. The molecule has 0 unspecified atom stereocenters. The second kappa shape index (κ2) is 3.90. The number of rotatable bonds is 1. The second-order valence-electron chi connectivity index (χ2n) is 4.00. The maximum absolute atomic E-state index is 9.17. The van der Waals surface area contributed by atoms with Crippen LogP contribution in [0.15, 0.2) is 48.7 Å². The lowest BCUT2D eigenvalue weighted by atomic mass is 10.1. The van der Waals surface area contributed by atoms with Crippen molar-refractivity contribution >= 4 is 16.6 Å². The summed E-state index contributed by atoms with van der Waals surface area (Å²) in [6.07, 6.45) is 1.78. The van der Waals surface area contributed by atoms with Crippen molar-refractivity contribution in [3.8, 4) is 11.8 Å². The van der Waals surface area contributed by atoms with E-state index < -0.39 is 0 Å². The van der Waals surface area contributed by atoms with Crippen molar-refractivity contribution in [2.24, 2.45) is 0 Å². The van der Waals surface area contributed by atoms with Gasteiger partial charge in [0.15, 0.2) is 0 Å². The lowest BCUT2D eigenvalue weighted by molar-refractivity contribution is 0.907. The molecule has 2 N–H and O–H groups in total. The number of hydrogen-bond donors (Lipinski definition) is 1. The summed E-state index contributed by atoms with van der Waals surface area (Å²) in [6, 6.07) is 15.3. The Balaban J connectivity index is 2.30. The molecule has 0 saturated carbocycles. The smallest absolute Gasteiger partial charge is 0.101 e. The Morgan fingerprint density at radius 2 is 2.00 bits per heavy atom. The van der Waals surface area contributed by atoms with E-state index in [0.29, 0.717) is 11.3 Å². The van der Waals surface area contributed by atoms with Crippen LogP contribution in [0, 0.1) is 11.3 Å². The Morgan fingerprint density at radius 3 is 2.83 bits per heavy atom. The van der Waals surface area contributed by atoms with Crippen molar-refractivity contribution in [2.45, 2.75) is 0 Å². The molecular formula is C14H10N4. The molecule has 18 heavy (non-hydrogen) atoms. The normalized spacial score (nSPS) is 10.4. The van der Waals surface area contributed by atoms with Gasteiger partial charge in [-0.2, -0.15) is 10.4 Å². The number of benzene rings is 2. The summed E-state index contributed by atoms with van der Waals surface area (Å²) in [5, 5.41) is 14.5. The molecule has 0 bridgehead atoms. The molecule has 0 aliphatic heterocycles. The minimum Gasteiger partial charge on any atom is -0.399 e. The SMILES string of the molecule is N#Cc1cc(N)ccc1-n1ncc2ccccc21. The van der Waals surface area contributed by atoms with Crippen LogP contribution in [0.4, 0.5) is 5.69 Å². The fraction of sp³-hybridized carbons (Fsp3) is 0. The summed E-state index contributed by atoms with van der Waals surface area (Å²) in [6.45, 7) is 0. The number of nitrogen functional groups attached to an aromatic ring is 1. The topological polar surface area (TPSA) is 67.6 Å². The Kier molecular flexibility index (Phi) is 2.24. The molecule has 0 aliphatic carbocycles. The van der Waals surface area contributed by atoms with E-state index in [2.05, 4.69) is 11.2 Å². The van der Waals surface area contributed by atoms with E-state index in [1.807, 2.05) is 30.3 Å². The Morgan fingerprint density at radius 1 is 1.17 bits per heavy atom. The van der Waals surface area contributed by atoms with Gasteiger partial charge in [-0.25, -0.2) is 4.68 Å². The quantitative estimate of drug-likeness (QED) is 0.658. The van der Waals surface area contributed by atoms with Gasteiger partial charge in [0.1, 0.15) is 6.07 Å². The fourth-order valence-corrected chi connectivity index (χ4v) is 1.99. The molecule has 3 rings (SSSR count). The standard InChI is InChI=1S/C14H10N4/c15-8-11-7-12(16)5-6-14(11)18-13-4-2-1-3-10(13)9-17-18/h1-7,9H,16H2. The van der Waals surface area contributed by atoms with Crippen LogP contribution in [0.5, 0.6) is 0 Å². The van der Waals surface area contributed by atoms with Crippen molar-refractivity contribution in [2.75, 3.05) is 5.73 Å². The number of fused-ring (bicyclic) bond motifs is 1. The molecular weight excluding hydrogens is 224 g/mol. The number of aromatic nitrogens is 2. The monoisotopic (exact) mass is 234 g/mol. The highest BCUT2D eigenvalue weighted by molar-refractivity contribution is 5.80. The average Bonchev–Trinajstić information content (AvgIpc) is 2.82. The second-order valence-corrected chi connectivity index (χ2v) is 4.00. The van der Waals surface area contributed by atoms with Crippen LogP contribution in [0.1, 0.15) is 5.56 Å². The number of para-hydroxylation sites is 1. The zero-order valence-electron chi connectivity index (χ0n) is 9.54. The fourth-order valence-electron chi connectivity index (χ4n) is 1.99. The summed E-state index contributed by atoms with van der Waals surface area (Å²) in [7, 11) is 0. The van der Waals surface area contributed by atoms with E-state index in [1.165, 1.54) is 0 Å². The van der Waals surface area contributed by atoms with E-state index in [-0.39, 0.29) is 0 Å². The molecule has 0 fully saturated rings. The molecule has 4 nitrogen and oxygen atoms in total. The molecule has 86 valence electrons. The van der Waals surface area contributed by atoms with Crippen molar-refractivity contribution in [1.82, 2.24) is 9.78 Å². The van der Waals surface area contributed by atoms with Crippen molar-refractivity contribution in [1.29, 1.82) is 5.26 Å². The minimum absolute atomic E-state index is 0.517. The van der Waals surface area contributed by atoms with Crippen LogP contribution in [0.25, 0.3) is 16.6 Å². The van der Waals surface area contributed by atoms with E-state index in [0.717, 1.165) is 16.6 Å². The van der Waals surface area contributed by atoms with Gasteiger partial charge in [-0.3, -0.25) is 0 Å². The molecule has 0 radical (unpaired) electrons. The predicted octanol–water partition coefficient (Wildman–Crippen LogP) is 2.48. The first-order valence-electron chi connectivity index (χ1n) is 5.52. The molecule has 2 aromatic carbocycles. The van der Waals surface area contributed by atoms with E-state index in [4.69, 9.17) is 11.0 Å². The van der Waals surface area contributed by atoms with E-state index >= 15 is 0 Å². The number of nitrogens with zero attached hydrogens (tertiary/aromatic N) is 3. The van der Waals surface area contributed by atoms with E-state index in [1.54, 1.807) is 23.0 Å².